The summed E-state index contributed by atoms with van der Waals surface area (Å²) in [6.45, 7) is 6.61. The number of nitrogens with zero attached hydrogens (tertiary/aromatic N) is 3. The summed E-state index contributed by atoms with van der Waals surface area (Å²) < 4.78 is 0. The molecule has 2 fully saturated rings. The van der Waals surface area contributed by atoms with Gasteiger partial charge < -0.3 is 10.0 Å². The molecule has 4 rings (SSSR count). The van der Waals surface area contributed by atoms with E-state index >= 15 is 0 Å². The average Bonchev–Trinajstić information content (AvgIpc) is 3.14. The van der Waals surface area contributed by atoms with Gasteiger partial charge in [-0.25, -0.2) is 9.78 Å². The molecule has 2 aromatic rings. The Kier molecular flexibility index (Phi) is 5.90. The molecule has 1 atom stereocenters. The molecule has 5 nitrogen and oxygen atoms in total. The van der Waals surface area contributed by atoms with E-state index in [1.165, 1.54) is 37.3 Å². The fourth-order valence-corrected chi connectivity index (χ4v) is 5.60. The predicted molar refractivity (Wildman–Crippen MR) is 115 cm³/mol. The van der Waals surface area contributed by atoms with Gasteiger partial charge in [0.15, 0.2) is 5.13 Å². The topological polar surface area (TPSA) is 56.7 Å². The van der Waals surface area contributed by atoms with Crippen molar-refractivity contribution in [1.29, 1.82) is 0 Å². The smallest absolute Gasteiger partial charge is 0.348 e. The molecule has 1 aromatic carbocycles. The van der Waals surface area contributed by atoms with Crippen LogP contribution in [0.15, 0.2) is 24.3 Å². The van der Waals surface area contributed by atoms with Crippen molar-refractivity contribution in [3.05, 3.63) is 34.2 Å². The lowest BCUT2D eigenvalue weighted by molar-refractivity contribution is 0.0702. The van der Waals surface area contributed by atoms with E-state index in [9.17, 15) is 9.90 Å². The van der Waals surface area contributed by atoms with Gasteiger partial charge in [0, 0.05) is 31.2 Å². The third kappa shape index (κ3) is 4.04. The summed E-state index contributed by atoms with van der Waals surface area (Å²) in [4.78, 5) is 21.7. The van der Waals surface area contributed by atoms with Gasteiger partial charge in [0.05, 0.1) is 10.7 Å². The first-order valence-corrected chi connectivity index (χ1v) is 11.2. The van der Waals surface area contributed by atoms with Gasteiger partial charge in [-0.05, 0) is 44.2 Å². The predicted octanol–water partition coefficient (Wildman–Crippen LogP) is 4.86. The third-order valence-corrected chi connectivity index (χ3v) is 7.31. The molecule has 28 heavy (non-hydrogen) atoms. The molecular weight excluding hydrogens is 394 g/mol. The molecule has 7 heteroatoms. The zero-order chi connectivity index (χ0) is 19.7. The van der Waals surface area contributed by atoms with Gasteiger partial charge in [0.1, 0.15) is 4.88 Å². The Labute approximate surface area is 174 Å². The molecule has 0 radical (unpaired) electrons. The van der Waals surface area contributed by atoms with Crippen molar-refractivity contribution in [2.24, 2.45) is 5.92 Å². The monoisotopic (exact) mass is 419 g/mol. The van der Waals surface area contributed by atoms with Crippen LogP contribution >= 0.6 is 22.9 Å². The van der Waals surface area contributed by atoms with Crippen LogP contribution in [0.3, 0.4) is 0 Å². The zero-order valence-electron chi connectivity index (χ0n) is 16.1. The molecule has 0 unspecified atom stereocenters. The summed E-state index contributed by atoms with van der Waals surface area (Å²) in [6, 6.07) is 7.94. The van der Waals surface area contributed by atoms with Crippen LogP contribution in [0.4, 0.5) is 5.13 Å². The lowest BCUT2D eigenvalue weighted by Crippen LogP contribution is -2.48. The molecule has 2 aliphatic rings. The van der Waals surface area contributed by atoms with Crippen LogP contribution in [0.1, 0.15) is 42.3 Å². The molecule has 0 bridgehead atoms. The van der Waals surface area contributed by atoms with E-state index in [2.05, 4.69) is 16.7 Å². The Morgan fingerprint density at radius 3 is 2.64 bits per heavy atom. The second-order valence-electron chi connectivity index (χ2n) is 7.92. The van der Waals surface area contributed by atoms with Gasteiger partial charge >= 0.3 is 5.97 Å². The highest BCUT2D eigenvalue weighted by atomic mass is 35.5. The minimum Gasteiger partial charge on any atom is -0.477 e. The van der Waals surface area contributed by atoms with E-state index in [0.717, 1.165) is 37.0 Å². The number of benzene rings is 1. The second kappa shape index (κ2) is 8.39. The van der Waals surface area contributed by atoms with Crippen LogP contribution in [-0.4, -0.2) is 53.2 Å². The number of carbonyl (C=O) groups is 1. The second-order valence-corrected chi connectivity index (χ2v) is 9.30. The van der Waals surface area contributed by atoms with Crippen LogP contribution < -0.4 is 4.90 Å². The first-order valence-electron chi connectivity index (χ1n) is 10.0. The number of rotatable bonds is 4. The maximum Gasteiger partial charge on any atom is 0.348 e. The van der Waals surface area contributed by atoms with Crippen molar-refractivity contribution < 1.29 is 9.90 Å². The number of halogens is 1. The van der Waals surface area contributed by atoms with Crippen molar-refractivity contribution in [2.45, 2.75) is 38.6 Å². The van der Waals surface area contributed by atoms with Gasteiger partial charge in [0.2, 0.25) is 0 Å². The van der Waals surface area contributed by atoms with Gasteiger partial charge in [-0.2, -0.15) is 0 Å². The fraction of sp³-hybridized carbons (Fsp3) is 0.524. The average molecular weight is 420 g/mol. The van der Waals surface area contributed by atoms with Gasteiger partial charge in [0.25, 0.3) is 0 Å². The van der Waals surface area contributed by atoms with Crippen LogP contribution in [0, 0.1) is 5.92 Å². The number of hydrogen-bond acceptors (Lipinski definition) is 5. The van der Waals surface area contributed by atoms with Crippen molar-refractivity contribution in [3.63, 3.8) is 0 Å². The lowest BCUT2D eigenvalue weighted by Gasteiger charge is -2.41. The number of anilines is 1. The Bertz CT molecular complexity index is 848. The van der Waals surface area contributed by atoms with Crippen LogP contribution in [0.5, 0.6) is 0 Å². The molecule has 150 valence electrons. The van der Waals surface area contributed by atoms with Gasteiger partial charge in [-0.3, -0.25) is 4.90 Å². The summed E-state index contributed by atoms with van der Waals surface area (Å²) in [5.74, 6) is -0.155. The van der Waals surface area contributed by atoms with E-state index in [-0.39, 0.29) is 4.88 Å². The van der Waals surface area contributed by atoms with E-state index in [0.29, 0.717) is 22.3 Å². The molecule has 1 aromatic heterocycles. The number of piperidine rings is 2. The Hall–Kier alpha value is -1.63. The number of carboxylic acid groups (broad SMARTS) is 1. The fourth-order valence-electron chi connectivity index (χ4n) is 4.40. The van der Waals surface area contributed by atoms with E-state index in [4.69, 9.17) is 16.6 Å². The third-order valence-electron chi connectivity index (χ3n) is 5.88. The Morgan fingerprint density at radius 2 is 1.96 bits per heavy atom. The number of aromatic carboxylic acids is 1. The van der Waals surface area contributed by atoms with Gasteiger partial charge in [-0.15, -0.1) is 0 Å². The number of aromatic nitrogens is 1. The quantitative estimate of drug-likeness (QED) is 0.766. The molecule has 0 aliphatic carbocycles. The first kappa shape index (κ1) is 19.7. The molecule has 0 amide bonds. The largest absolute Gasteiger partial charge is 0.477 e. The highest BCUT2D eigenvalue weighted by Gasteiger charge is 2.30. The van der Waals surface area contributed by atoms with E-state index < -0.39 is 5.97 Å². The normalized spacial score (nSPS) is 21.8. The Balaban J connectivity index is 1.50. The summed E-state index contributed by atoms with van der Waals surface area (Å²) in [5, 5.41) is 11.0. The summed E-state index contributed by atoms with van der Waals surface area (Å²) in [7, 11) is 0. The van der Waals surface area contributed by atoms with Crippen molar-refractivity contribution in [2.75, 3.05) is 31.1 Å². The minimum atomic E-state index is -0.948. The zero-order valence-corrected chi connectivity index (χ0v) is 17.7. The van der Waals surface area contributed by atoms with Gasteiger partial charge in [-0.1, -0.05) is 48.1 Å². The van der Waals surface area contributed by atoms with E-state index in [1.54, 1.807) is 6.07 Å². The van der Waals surface area contributed by atoms with E-state index in [1.807, 2.05) is 18.2 Å². The summed E-state index contributed by atoms with van der Waals surface area (Å²) in [6.07, 6.45) is 4.86. The summed E-state index contributed by atoms with van der Waals surface area (Å²) >= 11 is 7.56. The lowest BCUT2D eigenvalue weighted by atomic mass is 9.95. The van der Waals surface area contributed by atoms with Crippen LogP contribution in [-0.2, 0) is 0 Å². The number of carboxylic acids is 1. The summed E-state index contributed by atoms with van der Waals surface area (Å²) in [5.41, 5.74) is 1.16. The highest BCUT2D eigenvalue weighted by molar-refractivity contribution is 7.17. The number of thiazole rings is 1. The maximum atomic E-state index is 11.8. The highest BCUT2D eigenvalue weighted by Crippen LogP contribution is 2.37. The molecule has 0 spiro atoms. The SMILES string of the molecule is C[C@@H]1CCCN(C2CCN(c3nc(-c4ccccc4Cl)c(C(=O)O)s3)CC2)C1. The maximum absolute atomic E-state index is 11.8. The molecule has 2 aliphatic heterocycles. The molecular formula is C21H26ClN3O2S. The Morgan fingerprint density at radius 1 is 1.21 bits per heavy atom. The standard InChI is InChI=1S/C21H26ClN3O2S/c1-14-5-4-10-25(13-14)15-8-11-24(12-9-15)21-23-18(19(28-21)20(26)27)16-6-2-3-7-17(16)22/h2-3,6-7,14-15H,4-5,8-13H2,1H3,(H,26,27)/t14-/m1/s1. The molecule has 2 saturated heterocycles. The number of likely N-dealkylation sites (tertiary alicyclic amines) is 1. The minimum absolute atomic E-state index is 0.259. The van der Waals surface area contributed by atoms with Crippen LogP contribution in [0.25, 0.3) is 11.3 Å². The molecule has 1 N–H and O–H groups in total. The molecule has 0 saturated carbocycles. The van der Waals surface area contributed by atoms with Crippen LogP contribution in [0.2, 0.25) is 5.02 Å². The van der Waals surface area contributed by atoms with Crippen molar-refractivity contribution in [3.8, 4) is 11.3 Å². The van der Waals surface area contributed by atoms with Crippen molar-refractivity contribution in [1.82, 2.24) is 9.88 Å². The van der Waals surface area contributed by atoms with Crippen molar-refractivity contribution >= 4 is 34.0 Å². The molecule has 3 heterocycles. The first-order chi connectivity index (χ1) is 13.5. The number of hydrogen-bond donors (Lipinski definition) is 1.